The Morgan fingerprint density at radius 3 is 2.26 bits per heavy atom. The van der Waals surface area contributed by atoms with Crippen molar-refractivity contribution in [2.24, 2.45) is 0 Å². The molecule has 8 nitrogen and oxygen atoms in total. The van der Waals surface area contributed by atoms with Gasteiger partial charge >= 0.3 is 6.18 Å². The molecule has 186 valence electrons. The molecule has 2 atom stereocenters. The molecule has 1 aliphatic rings. The fraction of sp³-hybridized carbons (Fsp3) is 0.304. The third-order valence-corrected chi connectivity index (χ3v) is 6.15. The normalized spacial score (nSPS) is 17.2. The predicted octanol–water partition coefficient (Wildman–Crippen LogP) is 5.58. The summed E-state index contributed by atoms with van der Waals surface area (Å²) in [5.74, 6) is 0.358. The van der Waals surface area contributed by atoms with Gasteiger partial charge in [0.2, 0.25) is 5.75 Å². The lowest BCUT2D eigenvalue weighted by Gasteiger charge is -2.33. The maximum absolute atomic E-state index is 13.9. The first-order valence-electron chi connectivity index (χ1n) is 10.4. The molecule has 0 spiro atoms. The van der Waals surface area contributed by atoms with Gasteiger partial charge in [-0.05, 0) is 17.7 Å². The minimum Gasteiger partial charge on any atom is -0.493 e. The van der Waals surface area contributed by atoms with Crippen molar-refractivity contribution >= 4 is 33.3 Å². The summed E-state index contributed by atoms with van der Waals surface area (Å²) in [6.07, 6.45) is -4.82. The van der Waals surface area contributed by atoms with E-state index >= 15 is 0 Å². The first-order valence-corrected chi connectivity index (χ1v) is 11.2. The van der Waals surface area contributed by atoms with Crippen LogP contribution in [0.4, 0.5) is 24.7 Å². The molecule has 3 aromatic rings. The molecule has 2 aromatic carbocycles. The molecule has 0 radical (unpaired) electrons. The van der Waals surface area contributed by atoms with Crippen LogP contribution in [0.1, 0.15) is 34.6 Å². The number of anilines is 2. The van der Waals surface area contributed by atoms with Crippen LogP contribution in [0.2, 0.25) is 0 Å². The van der Waals surface area contributed by atoms with Gasteiger partial charge in [0.05, 0.1) is 27.4 Å². The zero-order chi connectivity index (χ0) is 25.3. The van der Waals surface area contributed by atoms with E-state index in [2.05, 4.69) is 31.7 Å². The van der Waals surface area contributed by atoms with Gasteiger partial charge in [-0.2, -0.15) is 18.3 Å². The lowest BCUT2D eigenvalue weighted by atomic mass is 9.97. The van der Waals surface area contributed by atoms with Crippen molar-refractivity contribution < 1.29 is 32.2 Å². The highest BCUT2D eigenvalue weighted by molar-refractivity contribution is 9.10. The molecule has 35 heavy (non-hydrogen) atoms. The fourth-order valence-corrected chi connectivity index (χ4v) is 4.21. The zero-order valence-electron chi connectivity index (χ0n) is 18.9. The Hall–Kier alpha value is -3.41. The van der Waals surface area contributed by atoms with Gasteiger partial charge in [-0.25, -0.2) is 4.68 Å². The van der Waals surface area contributed by atoms with E-state index < -0.39 is 24.2 Å². The van der Waals surface area contributed by atoms with E-state index in [1.807, 2.05) is 0 Å². The first-order chi connectivity index (χ1) is 16.6. The number of rotatable bonds is 6. The maximum atomic E-state index is 13.9. The molecule has 0 aliphatic carbocycles. The number of hydrogen-bond donors (Lipinski definition) is 2. The number of aromatic nitrogens is 2. The summed E-state index contributed by atoms with van der Waals surface area (Å²) in [6.45, 7) is 0. The number of fused-ring (bicyclic) bond motifs is 1. The summed E-state index contributed by atoms with van der Waals surface area (Å²) in [6, 6.07) is 8.85. The Kier molecular flexibility index (Phi) is 6.84. The molecule has 1 amide bonds. The lowest BCUT2D eigenvalue weighted by Crippen LogP contribution is -2.35. The van der Waals surface area contributed by atoms with E-state index in [9.17, 15) is 18.0 Å². The number of halogens is 4. The van der Waals surface area contributed by atoms with Crippen LogP contribution in [-0.4, -0.2) is 43.2 Å². The van der Waals surface area contributed by atoms with Crippen molar-refractivity contribution in [1.29, 1.82) is 0 Å². The number of carbonyl (C=O) groups excluding carboxylic acids is 1. The quantitative estimate of drug-likeness (QED) is 0.413. The number of nitrogens with zero attached hydrogens (tertiary/aromatic N) is 2. The highest BCUT2D eigenvalue weighted by Crippen LogP contribution is 2.44. The van der Waals surface area contributed by atoms with Gasteiger partial charge in [0, 0.05) is 34.8 Å². The van der Waals surface area contributed by atoms with Crippen LogP contribution in [0.3, 0.4) is 0 Å². The second-order valence-corrected chi connectivity index (χ2v) is 8.68. The molecule has 0 bridgehead atoms. The summed E-state index contributed by atoms with van der Waals surface area (Å²) in [5.41, 5.74) is 0.814. The van der Waals surface area contributed by atoms with Crippen LogP contribution in [0.25, 0.3) is 0 Å². The van der Waals surface area contributed by atoms with Crippen LogP contribution in [0.5, 0.6) is 17.2 Å². The Morgan fingerprint density at radius 1 is 1.09 bits per heavy atom. The summed E-state index contributed by atoms with van der Waals surface area (Å²) < 4.78 is 59.2. The largest absolute Gasteiger partial charge is 0.493 e. The Bertz CT molecular complexity index is 1210. The number of ether oxygens (including phenoxy) is 3. The Labute approximate surface area is 207 Å². The second-order valence-electron chi connectivity index (χ2n) is 7.77. The molecule has 2 N–H and O–H groups in total. The lowest BCUT2D eigenvalue weighted by molar-refractivity contribution is -0.173. The van der Waals surface area contributed by atoms with E-state index in [4.69, 9.17) is 14.2 Å². The molecule has 2 heterocycles. The molecule has 0 saturated heterocycles. The van der Waals surface area contributed by atoms with Gasteiger partial charge < -0.3 is 24.8 Å². The van der Waals surface area contributed by atoms with Crippen LogP contribution in [-0.2, 0) is 0 Å². The van der Waals surface area contributed by atoms with Crippen LogP contribution < -0.4 is 24.8 Å². The van der Waals surface area contributed by atoms with Crippen molar-refractivity contribution in [3.8, 4) is 17.2 Å². The van der Waals surface area contributed by atoms with E-state index in [0.29, 0.717) is 28.5 Å². The number of amides is 1. The molecular formula is C23H22BrF3N4O4. The summed E-state index contributed by atoms with van der Waals surface area (Å²) in [4.78, 5) is 12.9. The Balaban J connectivity index is 1.64. The minimum absolute atomic E-state index is 0.0986. The van der Waals surface area contributed by atoms with Crippen LogP contribution in [0, 0.1) is 0 Å². The summed E-state index contributed by atoms with van der Waals surface area (Å²) >= 11 is 3.33. The molecule has 0 saturated carbocycles. The smallest absolute Gasteiger partial charge is 0.410 e. The van der Waals surface area contributed by atoms with Crippen molar-refractivity contribution in [2.75, 3.05) is 32.0 Å². The van der Waals surface area contributed by atoms with Crippen LogP contribution >= 0.6 is 15.9 Å². The van der Waals surface area contributed by atoms with Gasteiger partial charge in [-0.15, -0.1) is 0 Å². The molecule has 0 fully saturated rings. The molecule has 0 unspecified atom stereocenters. The molecule has 4 rings (SSSR count). The van der Waals surface area contributed by atoms with Gasteiger partial charge in [-0.3, -0.25) is 4.79 Å². The van der Waals surface area contributed by atoms with Crippen molar-refractivity contribution in [3.05, 3.63) is 58.2 Å². The third kappa shape index (κ3) is 5.02. The highest BCUT2D eigenvalue weighted by atomic mass is 79.9. The topological polar surface area (TPSA) is 86.6 Å². The van der Waals surface area contributed by atoms with E-state index in [1.165, 1.54) is 39.5 Å². The molecule has 1 aliphatic heterocycles. The average Bonchev–Trinajstić information content (AvgIpc) is 3.27. The minimum atomic E-state index is -4.55. The van der Waals surface area contributed by atoms with Crippen molar-refractivity contribution in [1.82, 2.24) is 9.78 Å². The standard InChI is InChI=1S/C23H22BrF3N4O4/c1-33-17-8-14(9-18(34-2)21(17)35-3)28-22(32)16-11-20-29-15(12-4-6-13(24)7-5-12)10-19(23(25,26)27)31(20)30-16/h4-9,11,15,19,29H,10H2,1-3H3,(H,28,32)/t15-,19-/m0/s1. The van der Waals surface area contributed by atoms with Gasteiger partial charge in [0.25, 0.3) is 5.91 Å². The van der Waals surface area contributed by atoms with E-state index in [1.54, 1.807) is 24.3 Å². The van der Waals surface area contributed by atoms with Crippen molar-refractivity contribution in [3.63, 3.8) is 0 Å². The number of hydrogen-bond acceptors (Lipinski definition) is 6. The van der Waals surface area contributed by atoms with E-state index in [0.717, 1.165) is 9.15 Å². The predicted molar refractivity (Wildman–Crippen MR) is 126 cm³/mol. The van der Waals surface area contributed by atoms with Gasteiger partial charge in [0.1, 0.15) is 5.82 Å². The maximum Gasteiger partial charge on any atom is 0.410 e. The fourth-order valence-electron chi connectivity index (χ4n) is 3.95. The average molecular weight is 555 g/mol. The highest BCUT2D eigenvalue weighted by Gasteiger charge is 2.46. The number of benzene rings is 2. The number of carbonyl (C=O) groups is 1. The molecular weight excluding hydrogens is 533 g/mol. The second kappa shape index (κ2) is 9.68. The van der Waals surface area contributed by atoms with Crippen molar-refractivity contribution in [2.45, 2.75) is 24.7 Å². The number of methoxy groups -OCH3 is 3. The summed E-state index contributed by atoms with van der Waals surface area (Å²) in [5, 5.41) is 9.68. The molecule has 12 heteroatoms. The number of nitrogens with one attached hydrogen (secondary N) is 2. The SMILES string of the molecule is COc1cc(NC(=O)c2cc3n(n2)[C@H](C(F)(F)F)C[C@@H](c2ccc(Br)cc2)N3)cc(OC)c1OC. The molecule has 1 aromatic heterocycles. The monoisotopic (exact) mass is 554 g/mol. The zero-order valence-corrected chi connectivity index (χ0v) is 20.5. The van der Waals surface area contributed by atoms with Gasteiger partial charge in [-0.1, -0.05) is 28.1 Å². The van der Waals surface area contributed by atoms with Gasteiger partial charge in [0.15, 0.2) is 23.2 Å². The first kappa shape index (κ1) is 24.7. The Morgan fingerprint density at radius 2 is 1.71 bits per heavy atom. The van der Waals surface area contributed by atoms with Crippen LogP contribution in [0.15, 0.2) is 46.9 Å². The number of alkyl halides is 3. The third-order valence-electron chi connectivity index (χ3n) is 5.62. The summed E-state index contributed by atoms with van der Waals surface area (Å²) in [7, 11) is 4.30. The van der Waals surface area contributed by atoms with E-state index in [-0.39, 0.29) is 17.9 Å².